The van der Waals surface area contributed by atoms with Gasteiger partial charge in [-0.25, -0.2) is 4.79 Å². The standard InChI is InChI=1S/C19H25F3N6O2/c20-19(21,22)14-7-13(24-25-14)8-26-5-3-17(4-6-26)9-27(10-17)16(30)28-11-18(12-28)2-1-15(29)23-18/h7H,1-6,8-12H2,(H,23,29)(H,24,25). The quantitative estimate of drug-likeness (QED) is 0.749. The van der Waals surface area contributed by atoms with Crippen LogP contribution in [0.2, 0.25) is 0 Å². The molecule has 4 aliphatic rings. The number of hydrogen-bond acceptors (Lipinski definition) is 4. The van der Waals surface area contributed by atoms with E-state index >= 15 is 0 Å². The van der Waals surface area contributed by atoms with Crippen molar-refractivity contribution in [3.63, 3.8) is 0 Å². The van der Waals surface area contributed by atoms with Gasteiger partial charge in [-0.1, -0.05) is 0 Å². The molecule has 0 aliphatic carbocycles. The van der Waals surface area contributed by atoms with Crippen LogP contribution < -0.4 is 5.32 Å². The van der Waals surface area contributed by atoms with Gasteiger partial charge in [-0.05, 0) is 38.4 Å². The van der Waals surface area contributed by atoms with Crippen molar-refractivity contribution in [2.75, 3.05) is 39.3 Å². The van der Waals surface area contributed by atoms with E-state index < -0.39 is 11.9 Å². The highest BCUT2D eigenvalue weighted by Gasteiger charge is 2.53. The predicted molar refractivity (Wildman–Crippen MR) is 99.2 cm³/mol. The van der Waals surface area contributed by atoms with E-state index in [4.69, 9.17) is 0 Å². The molecule has 0 saturated carbocycles. The molecule has 1 aromatic rings. The molecule has 0 bridgehead atoms. The van der Waals surface area contributed by atoms with E-state index in [1.807, 2.05) is 9.80 Å². The van der Waals surface area contributed by atoms with Gasteiger partial charge in [0.25, 0.3) is 0 Å². The van der Waals surface area contributed by atoms with Crippen LogP contribution in [0.25, 0.3) is 0 Å². The third kappa shape index (κ3) is 3.42. The first-order chi connectivity index (χ1) is 14.2. The Morgan fingerprint density at radius 2 is 1.77 bits per heavy atom. The topological polar surface area (TPSA) is 84.6 Å². The van der Waals surface area contributed by atoms with Crippen LogP contribution in [-0.2, 0) is 17.5 Å². The van der Waals surface area contributed by atoms with Crippen LogP contribution in [0, 0.1) is 5.41 Å². The number of halogens is 3. The lowest BCUT2D eigenvalue weighted by Crippen LogP contribution is -2.73. The molecular weight excluding hydrogens is 401 g/mol. The second-order valence-electron chi connectivity index (χ2n) is 9.38. The summed E-state index contributed by atoms with van der Waals surface area (Å²) in [6.07, 6.45) is -1.23. The molecule has 8 nitrogen and oxygen atoms in total. The van der Waals surface area contributed by atoms with Gasteiger partial charge in [0.1, 0.15) is 0 Å². The first kappa shape index (κ1) is 19.7. The van der Waals surface area contributed by atoms with Crippen molar-refractivity contribution >= 4 is 11.9 Å². The molecule has 4 fully saturated rings. The summed E-state index contributed by atoms with van der Waals surface area (Å²) >= 11 is 0. The average molecular weight is 426 g/mol. The maximum atomic E-state index is 12.7. The largest absolute Gasteiger partial charge is 0.435 e. The molecule has 5 heterocycles. The minimum Gasteiger partial charge on any atom is -0.347 e. The number of rotatable bonds is 2. The van der Waals surface area contributed by atoms with Crippen molar-refractivity contribution < 1.29 is 22.8 Å². The van der Waals surface area contributed by atoms with Crippen LogP contribution in [0.1, 0.15) is 37.1 Å². The van der Waals surface area contributed by atoms with E-state index in [2.05, 4.69) is 20.4 Å². The smallest absolute Gasteiger partial charge is 0.347 e. The van der Waals surface area contributed by atoms with E-state index in [0.29, 0.717) is 31.7 Å². The van der Waals surface area contributed by atoms with Crippen molar-refractivity contribution in [1.82, 2.24) is 30.2 Å². The summed E-state index contributed by atoms with van der Waals surface area (Å²) in [7, 11) is 0. The summed E-state index contributed by atoms with van der Waals surface area (Å²) in [5.74, 6) is 0.0709. The number of aromatic amines is 1. The SMILES string of the molecule is O=C1CCC2(CN(C(=O)N3CC4(CCN(Cc5cc(C(F)(F)F)n[nH]5)CC4)C3)C2)N1. The zero-order valence-corrected chi connectivity index (χ0v) is 16.6. The lowest BCUT2D eigenvalue weighted by molar-refractivity contribution is -0.141. The number of nitrogens with zero attached hydrogens (tertiary/aromatic N) is 4. The van der Waals surface area contributed by atoms with E-state index in [-0.39, 0.29) is 22.9 Å². The van der Waals surface area contributed by atoms with Crippen LogP contribution in [0.5, 0.6) is 0 Å². The number of carbonyl (C=O) groups is 2. The summed E-state index contributed by atoms with van der Waals surface area (Å²) in [6.45, 7) is 4.67. The first-order valence-corrected chi connectivity index (χ1v) is 10.3. The van der Waals surface area contributed by atoms with Crippen molar-refractivity contribution in [2.45, 2.75) is 43.9 Å². The van der Waals surface area contributed by atoms with Gasteiger partial charge in [0.15, 0.2) is 5.69 Å². The summed E-state index contributed by atoms with van der Waals surface area (Å²) in [4.78, 5) is 29.9. The molecular formula is C19H25F3N6O2. The van der Waals surface area contributed by atoms with Gasteiger partial charge in [0, 0.05) is 50.3 Å². The van der Waals surface area contributed by atoms with Crippen LogP contribution in [0.3, 0.4) is 0 Å². The molecule has 4 saturated heterocycles. The lowest BCUT2D eigenvalue weighted by atomic mass is 9.72. The fourth-order valence-electron chi connectivity index (χ4n) is 5.26. The number of aromatic nitrogens is 2. The average Bonchev–Trinajstić information content (AvgIpc) is 3.25. The lowest BCUT2D eigenvalue weighted by Gasteiger charge is -2.57. The highest BCUT2D eigenvalue weighted by molar-refractivity contribution is 5.82. The normalized spacial score (nSPS) is 25.4. The van der Waals surface area contributed by atoms with Gasteiger partial charge in [0.2, 0.25) is 5.91 Å². The summed E-state index contributed by atoms with van der Waals surface area (Å²) in [5.41, 5.74) is -0.487. The highest BCUT2D eigenvalue weighted by Crippen LogP contribution is 2.42. The molecule has 11 heteroatoms. The van der Waals surface area contributed by atoms with Crippen molar-refractivity contribution in [1.29, 1.82) is 0 Å². The fourth-order valence-corrected chi connectivity index (χ4v) is 5.26. The Balaban J connectivity index is 1.07. The van der Waals surface area contributed by atoms with Crippen molar-refractivity contribution in [2.24, 2.45) is 5.41 Å². The van der Waals surface area contributed by atoms with Crippen LogP contribution in [0.15, 0.2) is 6.07 Å². The number of piperidine rings is 1. The Morgan fingerprint density at radius 3 is 2.33 bits per heavy atom. The number of amides is 3. The van der Waals surface area contributed by atoms with E-state index in [9.17, 15) is 22.8 Å². The molecule has 0 atom stereocenters. The summed E-state index contributed by atoms with van der Waals surface area (Å²) in [5, 5.41) is 8.82. The van der Waals surface area contributed by atoms with E-state index in [1.165, 1.54) is 0 Å². The monoisotopic (exact) mass is 426 g/mol. The molecule has 30 heavy (non-hydrogen) atoms. The van der Waals surface area contributed by atoms with Gasteiger partial charge in [-0.2, -0.15) is 18.3 Å². The summed E-state index contributed by atoms with van der Waals surface area (Å²) < 4.78 is 38.0. The van der Waals surface area contributed by atoms with Gasteiger partial charge in [-0.3, -0.25) is 14.8 Å². The van der Waals surface area contributed by atoms with Crippen LogP contribution >= 0.6 is 0 Å². The van der Waals surface area contributed by atoms with Gasteiger partial charge in [-0.15, -0.1) is 0 Å². The number of hydrogen-bond donors (Lipinski definition) is 2. The van der Waals surface area contributed by atoms with Gasteiger partial charge < -0.3 is 15.1 Å². The molecule has 1 aromatic heterocycles. The van der Waals surface area contributed by atoms with E-state index in [0.717, 1.165) is 51.5 Å². The molecule has 4 aliphatic heterocycles. The Hall–Kier alpha value is -2.30. The molecule has 0 radical (unpaired) electrons. The van der Waals surface area contributed by atoms with Crippen molar-refractivity contribution in [3.8, 4) is 0 Å². The summed E-state index contributed by atoms with van der Waals surface area (Å²) in [6, 6.07) is 1.12. The Bertz CT molecular complexity index is 847. The fraction of sp³-hybridized carbons (Fsp3) is 0.737. The second-order valence-corrected chi connectivity index (χ2v) is 9.38. The molecule has 5 rings (SSSR count). The molecule has 2 spiro atoms. The predicted octanol–water partition coefficient (Wildman–Crippen LogP) is 1.41. The first-order valence-electron chi connectivity index (χ1n) is 10.3. The van der Waals surface area contributed by atoms with Gasteiger partial charge >= 0.3 is 12.2 Å². The van der Waals surface area contributed by atoms with Crippen LogP contribution in [0.4, 0.5) is 18.0 Å². The molecule has 0 aromatic carbocycles. The number of alkyl halides is 3. The van der Waals surface area contributed by atoms with E-state index in [1.54, 1.807) is 0 Å². The number of urea groups is 1. The minimum absolute atomic E-state index is 0.0481. The highest BCUT2D eigenvalue weighted by atomic mass is 19.4. The van der Waals surface area contributed by atoms with Crippen molar-refractivity contribution in [3.05, 3.63) is 17.5 Å². The third-order valence-corrected chi connectivity index (χ3v) is 7.05. The maximum absolute atomic E-state index is 12.7. The molecule has 3 amide bonds. The van der Waals surface area contributed by atoms with Gasteiger partial charge in [0.05, 0.1) is 5.54 Å². The maximum Gasteiger partial charge on any atom is 0.435 e. The minimum atomic E-state index is -4.43. The zero-order valence-electron chi connectivity index (χ0n) is 16.6. The number of carbonyl (C=O) groups excluding carboxylic acids is 2. The second kappa shape index (κ2) is 6.60. The Kier molecular flexibility index (Phi) is 4.32. The Labute approximate surface area is 171 Å². The van der Waals surface area contributed by atoms with Crippen LogP contribution in [-0.4, -0.2) is 81.6 Å². The number of likely N-dealkylation sites (tertiary alicyclic amines) is 3. The zero-order chi connectivity index (χ0) is 21.1. The molecule has 0 unspecified atom stereocenters. The third-order valence-electron chi connectivity index (χ3n) is 7.05. The molecule has 2 N–H and O–H groups in total. The molecule has 164 valence electrons. The number of nitrogens with one attached hydrogen (secondary N) is 2. The Morgan fingerprint density at radius 1 is 1.10 bits per heavy atom. The number of H-pyrrole nitrogens is 1.